The Morgan fingerprint density at radius 1 is 0.773 bits per heavy atom. The zero-order chi connectivity index (χ0) is 16.3. The normalized spacial score (nSPS) is 11.5. The average molecular weight is 304 g/mol. The summed E-state index contributed by atoms with van der Waals surface area (Å²) in [6.45, 7) is 12.1. The van der Waals surface area contributed by atoms with E-state index in [0.29, 0.717) is 0 Å². The van der Waals surface area contributed by atoms with Crippen molar-refractivity contribution in [3.63, 3.8) is 0 Å². The fraction of sp³-hybridized carbons (Fsp3) is 0.882. The Labute approximate surface area is 150 Å². The minimum atomic E-state index is -2.00. The molecule has 0 rings (SSSR count). The first-order valence-electron chi connectivity index (χ1n) is 8.48. The van der Waals surface area contributed by atoms with Crippen molar-refractivity contribution in [3.05, 3.63) is 0 Å². The van der Waals surface area contributed by atoms with Crippen LogP contribution in [0.1, 0.15) is 80.6 Å². The van der Waals surface area contributed by atoms with Crippen LogP contribution in [0.5, 0.6) is 0 Å². The summed E-state index contributed by atoms with van der Waals surface area (Å²) in [6, 6.07) is 0. The Kier molecular flexibility index (Phi) is 15.0. The molecule has 0 aliphatic heterocycles. The van der Waals surface area contributed by atoms with E-state index in [9.17, 15) is 0 Å². The van der Waals surface area contributed by atoms with Crippen molar-refractivity contribution in [2.24, 2.45) is 0 Å². The van der Waals surface area contributed by atoms with Gasteiger partial charge in [-0.25, -0.2) is 5.82 Å². The van der Waals surface area contributed by atoms with E-state index in [4.69, 9.17) is 14.0 Å². The SMILES string of the molecule is CCCCCCC#C[B-](OC(C)C)(OC(C)C)OC(C)C.[Li+]. The van der Waals surface area contributed by atoms with Crippen molar-refractivity contribution in [2.45, 2.75) is 98.9 Å². The quantitative estimate of drug-likeness (QED) is 0.349. The molecular weight excluding hydrogens is 270 g/mol. The van der Waals surface area contributed by atoms with Crippen molar-refractivity contribution in [2.75, 3.05) is 0 Å². The van der Waals surface area contributed by atoms with Crippen molar-refractivity contribution >= 4 is 6.75 Å². The van der Waals surface area contributed by atoms with Gasteiger partial charge in [0, 0.05) is 24.7 Å². The molecule has 0 atom stereocenters. The van der Waals surface area contributed by atoms with Crippen LogP contribution in [-0.4, -0.2) is 25.1 Å². The van der Waals surface area contributed by atoms with E-state index in [1.807, 2.05) is 41.5 Å². The van der Waals surface area contributed by atoms with Crippen LogP contribution in [0.25, 0.3) is 0 Å². The zero-order valence-electron chi connectivity index (χ0n) is 16.1. The molecule has 0 N–H and O–H groups in total. The first kappa shape index (κ1) is 24.4. The molecule has 0 bridgehead atoms. The molecule has 5 heteroatoms. The minimum Gasteiger partial charge on any atom is -0.532 e. The van der Waals surface area contributed by atoms with E-state index >= 15 is 0 Å². The van der Waals surface area contributed by atoms with Crippen LogP contribution >= 0.6 is 0 Å². The van der Waals surface area contributed by atoms with Crippen LogP contribution in [0.2, 0.25) is 0 Å². The molecule has 0 aromatic heterocycles. The van der Waals surface area contributed by atoms with E-state index in [-0.39, 0.29) is 37.2 Å². The van der Waals surface area contributed by atoms with Crippen LogP contribution in [0.3, 0.4) is 0 Å². The smallest absolute Gasteiger partial charge is 0.532 e. The summed E-state index contributed by atoms with van der Waals surface area (Å²) >= 11 is 0. The predicted molar refractivity (Wildman–Crippen MR) is 91.0 cm³/mol. The Morgan fingerprint density at radius 2 is 1.23 bits per heavy atom. The number of hydrogen-bond donors (Lipinski definition) is 0. The van der Waals surface area contributed by atoms with Crippen LogP contribution < -0.4 is 18.9 Å². The van der Waals surface area contributed by atoms with E-state index in [1.165, 1.54) is 19.3 Å². The van der Waals surface area contributed by atoms with Gasteiger partial charge in [0.2, 0.25) is 0 Å². The molecule has 0 unspecified atom stereocenters. The third-order valence-corrected chi connectivity index (χ3v) is 2.79. The van der Waals surface area contributed by atoms with Gasteiger partial charge in [-0.3, -0.25) is 0 Å². The van der Waals surface area contributed by atoms with Crippen molar-refractivity contribution in [3.8, 4) is 11.7 Å². The molecule has 0 aromatic rings. The number of unbranched alkanes of at least 4 members (excludes halogenated alkanes) is 4. The van der Waals surface area contributed by atoms with E-state index in [1.54, 1.807) is 0 Å². The summed E-state index contributed by atoms with van der Waals surface area (Å²) in [4.78, 5) is 0. The molecule has 0 fully saturated rings. The molecule has 124 valence electrons. The van der Waals surface area contributed by atoms with Gasteiger partial charge in [-0.1, -0.05) is 26.2 Å². The van der Waals surface area contributed by atoms with Crippen molar-refractivity contribution in [1.29, 1.82) is 0 Å². The summed E-state index contributed by atoms with van der Waals surface area (Å²) in [5, 5.41) is 0. The molecule has 0 amide bonds. The third kappa shape index (κ3) is 12.6. The van der Waals surface area contributed by atoms with Gasteiger partial charge in [0.25, 0.3) is 0 Å². The molecule has 0 heterocycles. The summed E-state index contributed by atoms with van der Waals surface area (Å²) in [6.07, 6.45) is 5.76. The number of hydrogen-bond acceptors (Lipinski definition) is 3. The molecule has 0 saturated carbocycles. The van der Waals surface area contributed by atoms with Gasteiger partial charge in [-0.05, 0) is 48.0 Å². The summed E-state index contributed by atoms with van der Waals surface area (Å²) in [5.74, 6) is 6.35. The Balaban J connectivity index is 0. The molecular formula is C17H34BLiO3. The van der Waals surface area contributed by atoms with E-state index < -0.39 is 6.75 Å². The monoisotopic (exact) mass is 304 g/mol. The first-order valence-corrected chi connectivity index (χ1v) is 8.48. The van der Waals surface area contributed by atoms with Crippen LogP contribution in [0.15, 0.2) is 0 Å². The minimum absolute atomic E-state index is 0. The molecule has 0 aliphatic carbocycles. The number of rotatable bonds is 10. The fourth-order valence-electron chi connectivity index (χ4n) is 2.11. The van der Waals surface area contributed by atoms with Crippen molar-refractivity contribution in [1.82, 2.24) is 0 Å². The van der Waals surface area contributed by atoms with Gasteiger partial charge >= 0.3 is 25.6 Å². The van der Waals surface area contributed by atoms with Gasteiger partial charge in [0.15, 0.2) is 0 Å². The second kappa shape index (κ2) is 13.5. The van der Waals surface area contributed by atoms with Crippen LogP contribution in [-0.2, 0) is 14.0 Å². The van der Waals surface area contributed by atoms with Gasteiger partial charge in [0.1, 0.15) is 0 Å². The maximum Gasteiger partial charge on any atom is 1.00 e. The second-order valence-corrected chi connectivity index (χ2v) is 6.33. The summed E-state index contributed by atoms with van der Waals surface area (Å²) in [5.41, 5.74) is 0. The zero-order valence-corrected chi connectivity index (χ0v) is 16.1. The van der Waals surface area contributed by atoms with Gasteiger partial charge in [0.05, 0.1) is 0 Å². The van der Waals surface area contributed by atoms with E-state index in [2.05, 4.69) is 18.7 Å². The largest absolute Gasteiger partial charge is 1.00 e. The van der Waals surface area contributed by atoms with Gasteiger partial charge in [-0.15, -0.1) is 5.92 Å². The predicted octanol–water partition coefficient (Wildman–Crippen LogP) is 1.72. The Hall–Kier alpha value is 0.102. The molecule has 3 nitrogen and oxygen atoms in total. The molecule has 0 saturated heterocycles. The van der Waals surface area contributed by atoms with Gasteiger partial charge < -0.3 is 14.0 Å². The molecule has 0 aromatic carbocycles. The van der Waals surface area contributed by atoms with Gasteiger partial charge in [-0.2, -0.15) is 0 Å². The molecule has 0 radical (unpaired) electrons. The standard InChI is InChI=1S/C17H34BO3.Li/c1-8-9-10-11-12-13-14-18(19-15(2)3,20-16(4)5)21-17(6)7;/h15-17H,8-12H2,1-7H3;/q-1;+1. The second-order valence-electron chi connectivity index (χ2n) is 6.33. The average Bonchev–Trinajstić information content (AvgIpc) is 2.30. The summed E-state index contributed by atoms with van der Waals surface area (Å²) in [7, 11) is 0. The maximum atomic E-state index is 5.93. The molecule has 0 spiro atoms. The Bertz CT molecular complexity index is 295. The van der Waals surface area contributed by atoms with E-state index in [0.717, 1.165) is 12.8 Å². The first-order chi connectivity index (χ1) is 9.81. The topological polar surface area (TPSA) is 27.7 Å². The van der Waals surface area contributed by atoms with Crippen LogP contribution in [0, 0.1) is 11.7 Å². The Morgan fingerprint density at radius 3 is 1.59 bits per heavy atom. The van der Waals surface area contributed by atoms with Crippen molar-refractivity contribution < 1.29 is 32.8 Å². The fourth-order valence-corrected chi connectivity index (χ4v) is 2.11. The van der Waals surface area contributed by atoms with Crippen LogP contribution in [0.4, 0.5) is 0 Å². The maximum absolute atomic E-state index is 5.93. The molecule has 22 heavy (non-hydrogen) atoms. The third-order valence-electron chi connectivity index (χ3n) is 2.79. The molecule has 0 aliphatic rings. The summed E-state index contributed by atoms with van der Waals surface area (Å²) < 4.78 is 17.8.